The zero-order valence-corrected chi connectivity index (χ0v) is 39.3. The minimum absolute atomic E-state index is 0.262. The molecule has 0 aliphatic carbocycles. The summed E-state index contributed by atoms with van der Waals surface area (Å²) < 4.78 is 50.6. The number of likely N-dealkylation sites (tertiary alicyclic amines) is 2. The number of alkyl carbamates (subject to hydrolysis) is 2. The normalized spacial score (nSPS) is 20.7. The van der Waals surface area contributed by atoms with Crippen molar-refractivity contribution in [1.29, 1.82) is 0 Å². The predicted octanol–water partition coefficient (Wildman–Crippen LogP) is 8.19. The Morgan fingerprint density at radius 2 is 0.940 bits per heavy atom. The number of hydrogen-bond acceptors (Lipinski definition) is 9. The molecule has 3 heterocycles. The minimum atomic E-state index is -4.52. The Kier molecular flexibility index (Phi) is 15.2. The van der Waals surface area contributed by atoms with Crippen LogP contribution in [0.5, 0.6) is 0 Å². The second-order valence-electron chi connectivity index (χ2n) is 19.5. The highest BCUT2D eigenvalue weighted by Crippen LogP contribution is 2.48. The molecule has 0 bridgehead atoms. The molecule has 3 aliphatic heterocycles. The monoisotopic (exact) mass is 933 g/mol. The van der Waals surface area contributed by atoms with Crippen LogP contribution in [0.25, 0.3) is 0 Å². The summed E-state index contributed by atoms with van der Waals surface area (Å²) in [4.78, 5) is 84.2. The van der Waals surface area contributed by atoms with Crippen LogP contribution >= 0.6 is 0 Å². The summed E-state index contributed by atoms with van der Waals surface area (Å²) in [5.41, 5.74) is 1.23. The van der Waals surface area contributed by atoms with Gasteiger partial charge in [0.15, 0.2) is 0 Å². The lowest BCUT2D eigenvalue weighted by atomic mass is 9.85. The molecule has 3 fully saturated rings. The lowest BCUT2D eigenvalue weighted by molar-refractivity contribution is -0.140. The van der Waals surface area contributed by atoms with Gasteiger partial charge in [0.25, 0.3) is 0 Å². The number of benzene rings is 3. The van der Waals surface area contributed by atoms with Crippen molar-refractivity contribution in [3.63, 3.8) is 0 Å². The van der Waals surface area contributed by atoms with Crippen molar-refractivity contribution in [1.82, 2.24) is 20.4 Å². The van der Waals surface area contributed by atoms with Crippen LogP contribution in [-0.2, 0) is 34.8 Å². The van der Waals surface area contributed by atoms with E-state index in [1.54, 1.807) is 24.3 Å². The number of nitrogens with one attached hydrogen (secondary N) is 4. The van der Waals surface area contributed by atoms with E-state index >= 15 is 0 Å². The quantitative estimate of drug-likeness (QED) is 0.148. The van der Waals surface area contributed by atoms with Crippen molar-refractivity contribution in [2.45, 2.75) is 122 Å². The van der Waals surface area contributed by atoms with Crippen molar-refractivity contribution in [2.24, 2.45) is 10.8 Å². The Balaban J connectivity index is 1.18. The zero-order chi connectivity index (χ0) is 49.0. The fourth-order valence-electron chi connectivity index (χ4n) is 9.27. The van der Waals surface area contributed by atoms with E-state index in [1.807, 2.05) is 65.8 Å². The SMILES string of the molecule is COC(=O)N[C@H](C(=O)N1CCC[C@H]1C(=O)Nc1ccc([C@@H]2CC[C@@H](c3ccc(NC(=O)[C@@H]4CCCN4C(=O)[C@@H](NC(=O)OC)C(C)(C)C)cc3)N2c2ccc(C(F)(F)F)cc2)cc1)C(C)(C)C. The Morgan fingerprint density at radius 3 is 1.27 bits per heavy atom. The summed E-state index contributed by atoms with van der Waals surface area (Å²) in [6, 6.07) is 15.7. The lowest BCUT2D eigenvalue weighted by Crippen LogP contribution is -2.57. The highest BCUT2D eigenvalue weighted by molar-refractivity contribution is 6.00. The van der Waals surface area contributed by atoms with Gasteiger partial charge in [-0.05, 0) is 109 Å². The smallest absolute Gasteiger partial charge is 0.416 e. The van der Waals surface area contributed by atoms with E-state index in [1.165, 1.54) is 36.2 Å². The Morgan fingerprint density at radius 1 is 0.567 bits per heavy atom. The summed E-state index contributed by atoms with van der Waals surface area (Å²) in [6.07, 6.45) is -2.61. The molecule has 67 heavy (non-hydrogen) atoms. The van der Waals surface area contributed by atoms with E-state index in [2.05, 4.69) is 26.2 Å². The zero-order valence-electron chi connectivity index (χ0n) is 39.3. The molecule has 0 saturated carbocycles. The number of anilines is 3. The van der Waals surface area contributed by atoms with Gasteiger partial charge in [-0.3, -0.25) is 19.2 Å². The molecule has 0 radical (unpaired) electrons. The molecule has 0 spiro atoms. The van der Waals surface area contributed by atoms with Crippen LogP contribution in [0.3, 0.4) is 0 Å². The second-order valence-corrected chi connectivity index (χ2v) is 19.5. The number of nitrogens with zero attached hydrogens (tertiary/aromatic N) is 3. The van der Waals surface area contributed by atoms with Crippen LogP contribution in [0.4, 0.5) is 39.8 Å². The molecule has 6 rings (SSSR count). The number of rotatable bonds is 11. The molecule has 3 aromatic rings. The van der Waals surface area contributed by atoms with E-state index in [0.29, 0.717) is 68.7 Å². The summed E-state index contributed by atoms with van der Waals surface area (Å²) in [7, 11) is 2.43. The maximum atomic E-state index is 13.7. The predicted molar refractivity (Wildman–Crippen MR) is 246 cm³/mol. The third kappa shape index (κ3) is 11.6. The largest absolute Gasteiger partial charge is 0.453 e. The molecule has 4 N–H and O–H groups in total. The van der Waals surface area contributed by atoms with Gasteiger partial charge >= 0.3 is 18.4 Å². The molecular formula is C49H62F3N7O8. The number of ether oxygens (including phenoxy) is 2. The number of hydrogen-bond donors (Lipinski definition) is 4. The maximum Gasteiger partial charge on any atom is 0.416 e. The average Bonchev–Trinajstić information content (AvgIpc) is 4.07. The van der Waals surface area contributed by atoms with Gasteiger partial charge in [-0.2, -0.15) is 13.2 Å². The number of carbonyl (C=O) groups excluding carboxylic acids is 6. The molecule has 15 nitrogen and oxygen atoms in total. The van der Waals surface area contributed by atoms with E-state index in [9.17, 15) is 41.9 Å². The van der Waals surface area contributed by atoms with Crippen molar-refractivity contribution in [3.8, 4) is 0 Å². The fourth-order valence-corrected chi connectivity index (χ4v) is 9.27. The lowest BCUT2D eigenvalue weighted by Gasteiger charge is -2.35. The Hall–Kier alpha value is -6.33. The van der Waals surface area contributed by atoms with Crippen LogP contribution in [0.1, 0.15) is 109 Å². The molecule has 6 amide bonds. The first kappa shape index (κ1) is 50.1. The van der Waals surface area contributed by atoms with E-state index in [-0.39, 0.29) is 35.7 Å². The van der Waals surface area contributed by atoms with Crippen LogP contribution in [0.15, 0.2) is 72.8 Å². The van der Waals surface area contributed by atoms with Gasteiger partial charge < -0.3 is 45.4 Å². The van der Waals surface area contributed by atoms with Crippen molar-refractivity contribution >= 4 is 52.9 Å². The second kappa shape index (κ2) is 20.3. The molecule has 0 unspecified atom stereocenters. The average molecular weight is 934 g/mol. The molecule has 3 aliphatic rings. The van der Waals surface area contributed by atoms with Crippen LogP contribution in [-0.4, -0.2) is 97.1 Å². The van der Waals surface area contributed by atoms with Crippen molar-refractivity contribution in [3.05, 3.63) is 89.5 Å². The first-order chi connectivity index (χ1) is 31.5. The summed E-state index contributed by atoms with van der Waals surface area (Å²) >= 11 is 0. The summed E-state index contributed by atoms with van der Waals surface area (Å²) in [6.45, 7) is 11.6. The van der Waals surface area contributed by atoms with Crippen molar-refractivity contribution in [2.75, 3.05) is 42.8 Å². The highest BCUT2D eigenvalue weighted by atomic mass is 19.4. The first-order valence-electron chi connectivity index (χ1n) is 22.6. The van der Waals surface area contributed by atoms with Crippen molar-refractivity contribution < 1.29 is 51.4 Å². The fraction of sp³-hybridized carbons (Fsp3) is 0.510. The van der Waals surface area contributed by atoms with E-state index < -0.39 is 58.9 Å². The molecule has 362 valence electrons. The number of methoxy groups -OCH3 is 2. The van der Waals surface area contributed by atoms with Gasteiger partial charge in [0.05, 0.1) is 31.9 Å². The number of halogens is 3. The van der Waals surface area contributed by atoms with Gasteiger partial charge in [-0.25, -0.2) is 9.59 Å². The van der Waals surface area contributed by atoms with Crippen LogP contribution < -0.4 is 26.2 Å². The minimum Gasteiger partial charge on any atom is -0.453 e. The summed E-state index contributed by atoms with van der Waals surface area (Å²) in [5.74, 6) is -1.49. The number of carbonyl (C=O) groups is 6. The maximum absolute atomic E-state index is 13.7. The van der Waals surface area contributed by atoms with Gasteiger partial charge in [-0.1, -0.05) is 65.8 Å². The molecule has 18 heteroatoms. The Labute approximate surface area is 389 Å². The van der Waals surface area contributed by atoms with Gasteiger partial charge in [0.1, 0.15) is 24.2 Å². The topological polar surface area (TPSA) is 179 Å². The van der Waals surface area contributed by atoms with Gasteiger partial charge in [0.2, 0.25) is 23.6 Å². The van der Waals surface area contributed by atoms with Gasteiger partial charge in [0, 0.05) is 30.2 Å². The van der Waals surface area contributed by atoms with E-state index in [0.717, 1.165) is 23.3 Å². The Bertz CT molecular complexity index is 2150. The molecule has 0 aromatic heterocycles. The first-order valence-corrected chi connectivity index (χ1v) is 22.6. The van der Waals surface area contributed by atoms with E-state index in [4.69, 9.17) is 9.47 Å². The number of amides is 6. The van der Waals surface area contributed by atoms with Crippen LogP contribution in [0.2, 0.25) is 0 Å². The van der Waals surface area contributed by atoms with Crippen LogP contribution in [0, 0.1) is 10.8 Å². The molecule has 3 aromatic carbocycles. The summed E-state index contributed by atoms with van der Waals surface area (Å²) in [5, 5.41) is 11.1. The molecular weight excluding hydrogens is 872 g/mol. The third-order valence-electron chi connectivity index (χ3n) is 12.8. The standard InChI is InChI=1S/C49H62F3N7O8/c1-47(2,3)39(55-45(64)66-7)43(62)57-27-9-11-37(57)41(60)53-32-19-13-29(14-20-32)35-25-26-36(59(35)34-23-17-31(18-24-34)49(50,51)52)30-15-21-33(22-16-30)54-42(61)38-12-10-28-58(38)44(63)40(48(4,5)6)56-46(65)67-8/h13-24,35-40H,9-12,25-28H2,1-8H3,(H,53,60)(H,54,61)(H,55,64)(H,56,65)/t35-,36-,37-,38-,39+,40+/m0/s1. The third-order valence-corrected chi connectivity index (χ3v) is 12.8. The highest BCUT2D eigenvalue weighted by Gasteiger charge is 2.44. The molecule has 3 saturated heterocycles. The number of alkyl halides is 3. The van der Waals surface area contributed by atoms with Gasteiger partial charge in [-0.15, -0.1) is 0 Å². The molecule has 6 atom stereocenters.